The number of nitro groups is 2. The second kappa shape index (κ2) is 3.69. The van der Waals surface area contributed by atoms with Crippen molar-refractivity contribution >= 4 is 11.4 Å². The van der Waals surface area contributed by atoms with Gasteiger partial charge in [0.15, 0.2) is 0 Å². The summed E-state index contributed by atoms with van der Waals surface area (Å²) >= 11 is 0. The van der Waals surface area contributed by atoms with E-state index >= 15 is 0 Å². The number of hydrogen-bond acceptors (Lipinski definition) is 5. The Labute approximate surface area is 78.2 Å². The molecule has 0 heterocycles. The summed E-state index contributed by atoms with van der Waals surface area (Å²) in [6.45, 7) is 0. The van der Waals surface area contributed by atoms with Crippen LogP contribution >= 0.6 is 0 Å². The normalized spacial score (nSPS) is 9.50. The molecule has 0 fully saturated rings. The van der Waals surface area contributed by atoms with Gasteiger partial charge in [-0.1, -0.05) is 0 Å². The van der Waals surface area contributed by atoms with Crippen LogP contribution in [0.5, 0.6) is 5.75 Å². The summed E-state index contributed by atoms with van der Waals surface area (Å²) < 4.78 is 4.69. The molecule has 0 unspecified atom stereocenters. The number of benzene rings is 1. The standard InChI is InChI=1S/C7H6N2O5/c1-14-7-3-5(8(10)11)2-6(4-7)9(12)13/h2-4H,1H3. The van der Waals surface area contributed by atoms with Crippen molar-refractivity contribution in [1.29, 1.82) is 0 Å². The van der Waals surface area contributed by atoms with Crippen LogP contribution < -0.4 is 4.74 Å². The fourth-order valence-electron chi connectivity index (χ4n) is 0.897. The van der Waals surface area contributed by atoms with Gasteiger partial charge in [-0.25, -0.2) is 0 Å². The van der Waals surface area contributed by atoms with Crippen LogP contribution in [0.15, 0.2) is 18.2 Å². The number of nitro benzene ring substituents is 2. The molecule has 0 radical (unpaired) electrons. The first-order valence-electron chi connectivity index (χ1n) is 3.52. The monoisotopic (exact) mass is 198 g/mol. The second-order valence-corrected chi connectivity index (χ2v) is 2.40. The Balaban J connectivity index is 3.27. The molecule has 0 saturated carbocycles. The van der Waals surface area contributed by atoms with Gasteiger partial charge in [-0.05, 0) is 0 Å². The number of hydrogen-bond donors (Lipinski definition) is 0. The van der Waals surface area contributed by atoms with Gasteiger partial charge in [0, 0.05) is 0 Å². The SMILES string of the molecule is COc1cc([N+](=O)[O-])cc([N+](=O)[O-])c1. The average Bonchev–Trinajstić information content (AvgIpc) is 2.16. The topological polar surface area (TPSA) is 95.5 Å². The van der Waals surface area contributed by atoms with E-state index in [1.165, 1.54) is 7.11 Å². The van der Waals surface area contributed by atoms with Gasteiger partial charge >= 0.3 is 0 Å². The van der Waals surface area contributed by atoms with Gasteiger partial charge in [-0.2, -0.15) is 0 Å². The molecule has 0 aliphatic carbocycles. The van der Waals surface area contributed by atoms with Crippen LogP contribution in [0.25, 0.3) is 0 Å². The highest BCUT2D eigenvalue weighted by Crippen LogP contribution is 2.26. The van der Waals surface area contributed by atoms with Crippen LogP contribution in [-0.2, 0) is 0 Å². The molecule has 0 spiro atoms. The van der Waals surface area contributed by atoms with Crippen LogP contribution in [0.3, 0.4) is 0 Å². The highest BCUT2D eigenvalue weighted by Gasteiger charge is 2.16. The summed E-state index contributed by atoms with van der Waals surface area (Å²) in [4.78, 5) is 19.3. The Morgan fingerprint density at radius 2 is 1.50 bits per heavy atom. The second-order valence-electron chi connectivity index (χ2n) is 2.40. The smallest absolute Gasteiger partial charge is 0.280 e. The van der Waals surface area contributed by atoms with Gasteiger partial charge in [0.25, 0.3) is 11.4 Å². The Morgan fingerprint density at radius 3 is 1.79 bits per heavy atom. The van der Waals surface area contributed by atoms with E-state index in [1.807, 2.05) is 0 Å². The van der Waals surface area contributed by atoms with E-state index in [1.54, 1.807) is 0 Å². The van der Waals surface area contributed by atoms with Gasteiger partial charge in [0.2, 0.25) is 0 Å². The lowest BCUT2D eigenvalue weighted by molar-refractivity contribution is -0.394. The van der Waals surface area contributed by atoms with Gasteiger partial charge in [0.05, 0.1) is 35.2 Å². The first-order valence-corrected chi connectivity index (χ1v) is 3.52. The highest BCUT2D eigenvalue weighted by molar-refractivity contribution is 5.49. The van der Waals surface area contributed by atoms with Crippen molar-refractivity contribution < 1.29 is 14.6 Å². The average molecular weight is 198 g/mol. The molecular weight excluding hydrogens is 192 g/mol. The number of nitrogens with zero attached hydrogens (tertiary/aromatic N) is 2. The largest absolute Gasteiger partial charge is 0.496 e. The summed E-state index contributed by atoms with van der Waals surface area (Å²) in [5.74, 6) is 0.0888. The van der Waals surface area contributed by atoms with Crippen LogP contribution in [0.1, 0.15) is 0 Å². The van der Waals surface area contributed by atoms with Gasteiger partial charge in [-0.3, -0.25) is 20.2 Å². The van der Waals surface area contributed by atoms with Crippen LogP contribution in [-0.4, -0.2) is 17.0 Å². The van der Waals surface area contributed by atoms with E-state index in [0.29, 0.717) is 0 Å². The molecule has 0 aliphatic rings. The fraction of sp³-hybridized carbons (Fsp3) is 0.143. The third-order valence-electron chi connectivity index (χ3n) is 1.53. The third-order valence-corrected chi connectivity index (χ3v) is 1.53. The molecule has 1 aromatic rings. The van der Waals surface area contributed by atoms with Gasteiger partial charge < -0.3 is 4.74 Å². The molecule has 0 aromatic heterocycles. The quantitative estimate of drug-likeness (QED) is 0.541. The fourth-order valence-corrected chi connectivity index (χ4v) is 0.897. The van der Waals surface area contributed by atoms with E-state index in [2.05, 4.69) is 4.74 Å². The third kappa shape index (κ3) is 1.94. The van der Waals surface area contributed by atoms with Crippen molar-refractivity contribution in [3.05, 3.63) is 38.4 Å². The molecule has 0 amide bonds. The van der Waals surface area contributed by atoms with Crippen molar-refractivity contribution in [3.63, 3.8) is 0 Å². The molecule has 0 saturated heterocycles. The van der Waals surface area contributed by atoms with E-state index in [9.17, 15) is 20.2 Å². The maximum Gasteiger partial charge on any atom is 0.280 e. The Hall–Kier alpha value is -2.18. The molecule has 0 aliphatic heterocycles. The number of methoxy groups -OCH3 is 1. The lowest BCUT2D eigenvalue weighted by Crippen LogP contribution is -1.94. The van der Waals surface area contributed by atoms with Crippen LogP contribution in [0.4, 0.5) is 11.4 Å². The summed E-state index contributed by atoms with van der Waals surface area (Å²) in [7, 11) is 1.28. The van der Waals surface area contributed by atoms with E-state index < -0.39 is 9.85 Å². The zero-order valence-electron chi connectivity index (χ0n) is 7.17. The highest BCUT2D eigenvalue weighted by atomic mass is 16.6. The minimum atomic E-state index is -0.713. The van der Waals surface area contributed by atoms with E-state index in [-0.39, 0.29) is 17.1 Å². The number of non-ortho nitro benzene ring substituents is 2. The molecule has 0 bridgehead atoms. The van der Waals surface area contributed by atoms with Crippen molar-refractivity contribution in [2.75, 3.05) is 7.11 Å². The number of rotatable bonds is 3. The van der Waals surface area contributed by atoms with Crippen molar-refractivity contribution in [2.24, 2.45) is 0 Å². The lowest BCUT2D eigenvalue weighted by atomic mass is 10.2. The zero-order valence-corrected chi connectivity index (χ0v) is 7.17. The van der Waals surface area contributed by atoms with E-state index in [0.717, 1.165) is 18.2 Å². The lowest BCUT2D eigenvalue weighted by Gasteiger charge is -1.98. The van der Waals surface area contributed by atoms with Gasteiger partial charge in [0.1, 0.15) is 5.75 Å². The zero-order chi connectivity index (χ0) is 10.7. The van der Waals surface area contributed by atoms with Gasteiger partial charge in [-0.15, -0.1) is 0 Å². The minimum Gasteiger partial charge on any atom is -0.496 e. The molecule has 14 heavy (non-hydrogen) atoms. The van der Waals surface area contributed by atoms with Crippen molar-refractivity contribution in [3.8, 4) is 5.75 Å². The molecule has 7 nitrogen and oxygen atoms in total. The Bertz CT molecular complexity index is 357. The Morgan fingerprint density at radius 1 is 1.07 bits per heavy atom. The van der Waals surface area contributed by atoms with Crippen LogP contribution in [0, 0.1) is 20.2 Å². The van der Waals surface area contributed by atoms with E-state index in [4.69, 9.17) is 0 Å². The molecule has 0 atom stereocenters. The summed E-state index contributed by atoms with van der Waals surface area (Å²) in [5, 5.41) is 20.7. The molecule has 7 heteroatoms. The molecule has 1 rings (SSSR count). The maximum absolute atomic E-state index is 10.4. The number of ether oxygens (including phenoxy) is 1. The molecular formula is C7H6N2O5. The summed E-state index contributed by atoms with van der Waals surface area (Å²) in [5.41, 5.74) is -0.730. The first kappa shape index (κ1) is 9.90. The molecule has 1 aromatic carbocycles. The minimum absolute atomic E-state index is 0.0888. The summed E-state index contributed by atoms with van der Waals surface area (Å²) in [6, 6.07) is 3.11. The summed E-state index contributed by atoms with van der Waals surface area (Å²) in [6.07, 6.45) is 0. The molecule has 0 N–H and O–H groups in total. The van der Waals surface area contributed by atoms with Crippen molar-refractivity contribution in [2.45, 2.75) is 0 Å². The first-order chi connectivity index (χ1) is 6.54. The van der Waals surface area contributed by atoms with Crippen LogP contribution in [0.2, 0.25) is 0 Å². The molecule has 74 valence electrons. The predicted molar refractivity (Wildman–Crippen MR) is 46.3 cm³/mol. The van der Waals surface area contributed by atoms with Crippen molar-refractivity contribution in [1.82, 2.24) is 0 Å². The Kier molecular flexibility index (Phi) is 2.61. The maximum atomic E-state index is 10.4. The predicted octanol–water partition coefficient (Wildman–Crippen LogP) is 1.51.